The molecular formula is C45H71N5O9. The van der Waals surface area contributed by atoms with Gasteiger partial charge < -0.3 is 36.2 Å². The fourth-order valence-electron chi connectivity index (χ4n) is 12.8. The first-order valence-electron chi connectivity index (χ1n) is 22.4. The van der Waals surface area contributed by atoms with Gasteiger partial charge in [0.25, 0.3) is 0 Å². The van der Waals surface area contributed by atoms with E-state index in [4.69, 9.17) is 0 Å². The summed E-state index contributed by atoms with van der Waals surface area (Å²) in [6, 6.07) is 7.38. The molecule has 1 amide bonds. The van der Waals surface area contributed by atoms with Crippen molar-refractivity contribution in [1.82, 2.24) is 20.0 Å². The summed E-state index contributed by atoms with van der Waals surface area (Å²) in [4.78, 5) is 53.6. The van der Waals surface area contributed by atoms with Crippen molar-refractivity contribution in [2.45, 2.75) is 110 Å². The minimum atomic E-state index is -0.976. The molecule has 14 heteroatoms. The Hall–Kier alpha value is -3.14. The molecule has 0 aromatic heterocycles. The van der Waals surface area contributed by atoms with Gasteiger partial charge in [-0.05, 0) is 128 Å². The van der Waals surface area contributed by atoms with Gasteiger partial charge in [0, 0.05) is 64.0 Å². The zero-order valence-corrected chi connectivity index (χ0v) is 35.6. The molecule has 4 aliphatic carbocycles. The molecule has 5 fully saturated rings. The van der Waals surface area contributed by atoms with Gasteiger partial charge in [0.1, 0.15) is 0 Å². The zero-order valence-electron chi connectivity index (χ0n) is 35.6. The van der Waals surface area contributed by atoms with Gasteiger partial charge in [0.15, 0.2) is 0 Å². The Morgan fingerprint density at radius 2 is 1.41 bits per heavy atom. The number of carboxylic acid groups (broad SMARTS) is 3. The van der Waals surface area contributed by atoms with Gasteiger partial charge in [-0.1, -0.05) is 32.9 Å². The van der Waals surface area contributed by atoms with Crippen LogP contribution in [0.15, 0.2) is 24.3 Å². The van der Waals surface area contributed by atoms with Crippen molar-refractivity contribution < 1.29 is 44.7 Å². The van der Waals surface area contributed by atoms with E-state index in [0.29, 0.717) is 99.8 Å². The summed E-state index contributed by atoms with van der Waals surface area (Å²) in [6.07, 6.45) is 9.49. The van der Waals surface area contributed by atoms with Crippen LogP contribution in [0, 0.1) is 46.3 Å². The lowest BCUT2D eigenvalue weighted by Crippen LogP contribution is -2.58. The molecule has 11 unspecified atom stereocenters. The van der Waals surface area contributed by atoms with E-state index in [0.717, 1.165) is 50.5 Å². The Labute approximate surface area is 350 Å². The lowest BCUT2D eigenvalue weighted by atomic mass is 9.43. The second-order valence-corrected chi connectivity index (χ2v) is 19.5. The zero-order chi connectivity index (χ0) is 42.5. The predicted octanol–water partition coefficient (Wildman–Crippen LogP) is 3.71. The fourth-order valence-corrected chi connectivity index (χ4v) is 12.8. The number of carbonyl (C=O) groups is 4. The van der Waals surface area contributed by atoms with Crippen molar-refractivity contribution >= 4 is 29.5 Å². The third-order valence-corrected chi connectivity index (χ3v) is 16.0. The summed E-state index contributed by atoms with van der Waals surface area (Å²) >= 11 is 0. The van der Waals surface area contributed by atoms with E-state index >= 15 is 0 Å². The lowest BCUT2D eigenvalue weighted by molar-refractivity contribution is -0.174. The van der Waals surface area contributed by atoms with Crippen molar-refractivity contribution in [3.8, 4) is 0 Å². The highest BCUT2D eigenvalue weighted by molar-refractivity contribution is 5.90. The molecule has 1 saturated heterocycles. The summed E-state index contributed by atoms with van der Waals surface area (Å²) in [6.45, 7) is 9.99. The number of hydrogen-bond donors (Lipinski definition) is 7. The first-order chi connectivity index (χ1) is 28.0. The molecule has 7 N–H and O–H groups in total. The maximum absolute atomic E-state index is 13.3. The smallest absolute Gasteiger partial charge is 0.317 e. The first-order valence-corrected chi connectivity index (χ1v) is 22.4. The summed E-state index contributed by atoms with van der Waals surface area (Å²) < 4.78 is 0. The number of carbonyl (C=O) groups excluding carboxylic acids is 1. The van der Waals surface area contributed by atoms with E-state index in [1.54, 1.807) is 9.80 Å². The van der Waals surface area contributed by atoms with E-state index in [9.17, 15) is 44.7 Å². The highest BCUT2D eigenvalue weighted by atomic mass is 16.4. The molecular weight excluding hydrogens is 755 g/mol. The Bertz CT molecular complexity index is 1590. The molecule has 4 saturated carbocycles. The van der Waals surface area contributed by atoms with Crippen molar-refractivity contribution in [3.63, 3.8) is 0 Å². The Kier molecular flexibility index (Phi) is 15.2. The number of fused-ring (bicyclic) bond motifs is 5. The van der Waals surface area contributed by atoms with E-state index in [1.165, 1.54) is 12.8 Å². The Balaban J connectivity index is 1.01. The maximum atomic E-state index is 13.3. The third-order valence-electron chi connectivity index (χ3n) is 16.0. The average molecular weight is 826 g/mol. The maximum Gasteiger partial charge on any atom is 0.317 e. The molecule has 1 aromatic rings. The van der Waals surface area contributed by atoms with E-state index in [1.807, 2.05) is 24.3 Å². The second kappa shape index (κ2) is 19.7. The van der Waals surface area contributed by atoms with Crippen LogP contribution in [0.4, 0.5) is 5.69 Å². The Morgan fingerprint density at radius 3 is 2.02 bits per heavy atom. The van der Waals surface area contributed by atoms with Gasteiger partial charge >= 0.3 is 17.9 Å². The third kappa shape index (κ3) is 11.0. The normalized spacial score (nSPS) is 34.2. The molecule has 330 valence electrons. The van der Waals surface area contributed by atoms with Crippen LogP contribution in [-0.2, 0) is 25.6 Å². The van der Waals surface area contributed by atoms with Gasteiger partial charge in [-0.2, -0.15) is 0 Å². The van der Waals surface area contributed by atoms with Gasteiger partial charge in [-0.15, -0.1) is 0 Å². The van der Waals surface area contributed by atoms with E-state index < -0.39 is 17.9 Å². The van der Waals surface area contributed by atoms with Crippen molar-refractivity contribution in [2.75, 3.05) is 70.8 Å². The largest absolute Gasteiger partial charge is 0.480 e. The van der Waals surface area contributed by atoms with Gasteiger partial charge in [-0.25, -0.2) is 0 Å². The monoisotopic (exact) mass is 826 g/mol. The molecule has 1 aliphatic heterocycles. The number of carboxylic acids is 3. The lowest BCUT2D eigenvalue weighted by Gasteiger charge is -2.62. The van der Waals surface area contributed by atoms with Crippen LogP contribution in [0.5, 0.6) is 0 Å². The number of hydrogen-bond acceptors (Lipinski definition) is 10. The molecule has 6 rings (SSSR count). The van der Waals surface area contributed by atoms with Crippen LogP contribution in [0.25, 0.3) is 0 Å². The van der Waals surface area contributed by atoms with E-state index in [2.05, 4.69) is 36.3 Å². The van der Waals surface area contributed by atoms with Crippen molar-refractivity contribution in [3.05, 3.63) is 29.8 Å². The molecule has 14 nitrogen and oxygen atoms in total. The summed E-state index contributed by atoms with van der Waals surface area (Å²) in [5.41, 5.74) is 1.72. The molecule has 59 heavy (non-hydrogen) atoms. The minimum absolute atomic E-state index is 0.0397. The molecule has 0 radical (unpaired) electrons. The minimum Gasteiger partial charge on any atom is -0.480 e. The summed E-state index contributed by atoms with van der Waals surface area (Å²) in [7, 11) is 0. The van der Waals surface area contributed by atoms with Gasteiger partial charge in [0.2, 0.25) is 5.91 Å². The molecule has 1 aromatic carbocycles. The van der Waals surface area contributed by atoms with Crippen molar-refractivity contribution in [1.29, 1.82) is 0 Å². The molecule has 11 atom stereocenters. The average Bonchev–Trinajstić information content (AvgIpc) is 3.58. The van der Waals surface area contributed by atoms with Gasteiger partial charge in [-0.3, -0.25) is 33.9 Å². The number of rotatable bonds is 16. The van der Waals surface area contributed by atoms with Crippen LogP contribution in [0.3, 0.4) is 0 Å². The number of aliphatic carboxylic acids is 3. The Morgan fingerprint density at radius 1 is 0.780 bits per heavy atom. The predicted molar refractivity (Wildman–Crippen MR) is 224 cm³/mol. The highest BCUT2D eigenvalue weighted by Gasteiger charge is 2.63. The SMILES string of the molecule is CC(CCC(=O)Nc1ccc(CC(CN2CCN(CC(=O)O)CCN(CC(=O)O)CC2)NCC(=O)O)cc1)C1CCC2C3CCC4CC(O)CCC4(C)C3CC(O)C12C. The van der Waals surface area contributed by atoms with Gasteiger partial charge in [0.05, 0.1) is 31.8 Å². The van der Waals surface area contributed by atoms with Crippen LogP contribution in [0.2, 0.25) is 0 Å². The van der Waals surface area contributed by atoms with Crippen molar-refractivity contribution in [2.24, 2.45) is 46.3 Å². The highest BCUT2D eigenvalue weighted by Crippen LogP contribution is 2.68. The summed E-state index contributed by atoms with van der Waals surface area (Å²) in [5.74, 6) is -0.0338. The molecule has 1 heterocycles. The van der Waals surface area contributed by atoms with Crippen LogP contribution < -0.4 is 10.6 Å². The number of anilines is 1. The van der Waals surface area contributed by atoms with Crippen LogP contribution in [-0.4, -0.2) is 148 Å². The second-order valence-electron chi connectivity index (χ2n) is 19.5. The van der Waals surface area contributed by atoms with E-state index in [-0.39, 0.29) is 54.6 Å². The first kappa shape index (κ1) is 45.4. The quantitative estimate of drug-likeness (QED) is 0.127. The standard InChI is InChI=1S/C45H71N5O9/c1-29(36-11-12-37-35-10-7-31-23-34(51)14-15-44(31,2)38(35)24-39(52)45(36,37)3)4-13-40(53)47-32-8-5-30(6-9-32)22-33(46-25-41(54)55)26-48-16-18-49(27-42(56)57)20-21-50(19-17-48)28-43(58)59/h5-6,8-9,29,31,33-39,46,51-52H,4,7,10-28H2,1-3H3,(H,47,53)(H,54,55)(H,56,57)(H,58,59). The fraction of sp³-hybridized carbons (Fsp3) is 0.778. The molecule has 0 spiro atoms. The molecule has 5 aliphatic rings. The van der Waals surface area contributed by atoms with Crippen LogP contribution >= 0.6 is 0 Å². The number of benzene rings is 1. The number of nitrogens with one attached hydrogen (secondary N) is 2. The van der Waals surface area contributed by atoms with Crippen LogP contribution in [0.1, 0.15) is 90.5 Å². The summed E-state index contributed by atoms with van der Waals surface area (Å²) in [5, 5.41) is 56.9. The number of nitrogens with zero attached hydrogens (tertiary/aromatic N) is 3. The topological polar surface area (TPSA) is 203 Å². The number of aliphatic hydroxyl groups is 2. The number of amides is 1. The number of aliphatic hydroxyl groups excluding tert-OH is 2. The molecule has 0 bridgehead atoms.